The molecule has 7 heterocycles. The second-order valence-electron chi connectivity index (χ2n) is 17.5. The minimum Gasteiger partial charge on any atom is -0.504 e. The second-order valence-corrected chi connectivity index (χ2v) is 17.5. The summed E-state index contributed by atoms with van der Waals surface area (Å²) in [7, 11) is 0. The van der Waals surface area contributed by atoms with E-state index >= 15 is 4.39 Å². The fraction of sp³-hybridized carbons (Fsp3) is 0.524. The fourth-order valence-corrected chi connectivity index (χ4v) is 10.1. The Morgan fingerprint density at radius 2 is 1.76 bits per heavy atom. The Morgan fingerprint density at radius 1 is 0.949 bits per heavy atom. The highest BCUT2D eigenvalue weighted by Crippen LogP contribution is 2.41. The van der Waals surface area contributed by atoms with Crippen molar-refractivity contribution in [3.05, 3.63) is 59.4 Å². The van der Waals surface area contributed by atoms with Crippen LogP contribution in [-0.2, 0) is 16.1 Å². The summed E-state index contributed by atoms with van der Waals surface area (Å²) in [5, 5.41) is 24.4. The van der Waals surface area contributed by atoms with Crippen LogP contribution in [0.2, 0.25) is 0 Å². The van der Waals surface area contributed by atoms with Crippen LogP contribution in [0, 0.1) is 11.7 Å². The lowest BCUT2D eigenvalue weighted by Gasteiger charge is -2.55. The van der Waals surface area contributed by atoms with E-state index in [0.29, 0.717) is 62.1 Å². The molecule has 6 aliphatic rings. The number of phenols is 1. The third-order valence-electron chi connectivity index (χ3n) is 13.3. The number of carbonyl (C=O) groups is 4. The van der Waals surface area contributed by atoms with Gasteiger partial charge in [0.25, 0.3) is 5.91 Å². The van der Waals surface area contributed by atoms with Gasteiger partial charge in [-0.15, -0.1) is 10.2 Å². The number of rotatable bonds is 6. The maximum absolute atomic E-state index is 15.2. The van der Waals surface area contributed by atoms with E-state index < -0.39 is 41.3 Å². The van der Waals surface area contributed by atoms with Crippen LogP contribution in [0.25, 0.3) is 11.3 Å². The lowest BCUT2D eigenvalue weighted by atomic mass is 9.91. The summed E-state index contributed by atoms with van der Waals surface area (Å²) in [6.45, 7) is 9.65. The molecule has 2 atom stereocenters. The molecule has 4 fully saturated rings. The van der Waals surface area contributed by atoms with Gasteiger partial charge in [-0.3, -0.25) is 24.6 Å². The zero-order valence-corrected chi connectivity index (χ0v) is 33.4. The number of nitrogens with zero attached hydrogens (tertiary/aromatic N) is 8. The predicted octanol–water partition coefficient (Wildman–Crippen LogP) is 3.44. The quantitative estimate of drug-likeness (QED) is 0.314. The summed E-state index contributed by atoms with van der Waals surface area (Å²) in [5.41, 5.74) is 2.07. The molecule has 0 bridgehead atoms. The van der Waals surface area contributed by atoms with Gasteiger partial charge in [0.2, 0.25) is 11.8 Å². The summed E-state index contributed by atoms with van der Waals surface area (Å²) in [6.07, 6.45) is 2.56. The predicted molar refractivity (Wildman–Crippen MR) is 215 cm³/mol. The number of para-hydroxylation sites is 1. The van der Waals surface area contributed by atoms with Crippen LogP contribution in [0.4, 0.5) is 30.8 Å². The van der Waals surface area contributed by atoms with Gasteiger partial charge in [0, 0.05) is 95.2 Å². The Bertz CT molecular complexity index is 2200. The van der Waals surface area contributed by atoms with Crippen molar-refractivity contribution in [1.29, 1.82) is 0 Å². The van der Waals surface area contributed by atoms with Crippen molar-refractivity contribution in [2.75, 3.05) is 87.2 Å². The van der Waals surface area contributed by atoms with Crippen LogP contribution >= 0.6 is 0 Å². The Hall–Kier alpha value is -5.58. The van der Waals surface area contributed by atoms with Crippen LogP contribution in [-0.4, -0.2) is 148 Å². The summed E-state index contributed by atoms with van der Waals surface area (Å²) in [5.74, 6) is -1.22. The van der Waals surface area contributed by atoms with Gasteiger partial charge in [0.1, 0.15) is 18.3 Å². The highest BCUT2D eigenvalue weighted by Gasteiger charge is 2.49. The molecule has 0 spiro atoms. The van der Waals surface area contributed by atoms with Gasteiger partial charge in [0.15, 0.2) is 17.4 Å². The van der Waals surface area contributed by atoms with Gasteiger partial charge >= 0.3 is 6.03 Å². The molecule has 1 aromatic heterocycles. The molecule has 17 heteroatoms. The SMILES string of the molecule is CC1(C)CN(CC2CCN(c3ccc4c(c3)C(=O)N([C@H]3CCC(=O)NC3=O)C4)CC2)CCN1C(=O)N1CCN2c3cc(-c4cccc(F)c4O)nnc3NCC2(CF)C1. The first kappa shape index (κ1) is 38.9. The number of urea groups is 1. The molecular weight excluding hydrogens is 763 g/mol. The van der Waals surface area contributed by atoms with E-state index in [0.717, 1.165) is 56.3 Å². The number of hydrogen-bond donors (Lipinski definition) is 3. The number of imide groups is 1. The Kier molecular flexibility index (Phi) is 9.83. The second kappa shape index (κ2) is 14.9. The molecule has 0 radical (unpaired) electrons. The van der Waals surface area contributed by atoms with E-state index in [1.807, 2.05) is 21.9 Å². The molecule has 0 saturated carbocycles. The lowest BCUT2D eigenvalue weighted by Crippen LogP contribution is -2.72. The number of nitrogens with one attached hydrogen (secondary N) is 2. The number of piperidine rings is 2. The minimum absolute atomic E-state index is 0.104. The number of benzene rings is 2. The van der Waals surface area contributed by atoms with E-state index in [9.17, 15) is 28.7 Å². The zero-order valence-electron chi connectivity index (χ0n) is 33.4. The van der Waals surface area contributed by atoms with Crippen LogP contribution < -0.4 is 20.4 Å². The topological polar surface area (TPSA) is 158 Å². The number of fused-ring (bicyclic) bond motifs is 4. The van der Waals surface area contributed by atoms with E-state index in [-0.39, 0.29) is 48.6 Å². The number of amides is 5. The van der Waals surface area contributed by atoms with Crippen molar-refractivity contribution < 1.29 is 33.1 Å². The number of phenolic OH excluding ortho intramolecular Hbond substituents is 1. The maximum Gasteiger partial charge on any atom is 0.320 e. The molecular formula is C42H50F2N10O5. The van der Waals surface area contributed by atoms with Gasteiger partial charge in [0.05, 0.1) is 16.9 Å². The third kappa shape index (κ3) is 6.96. The molecule has 1 unspecified atom stereocenters. The molecule has 59 heavy (non-hydrogen) atoms. The smallest absolute Gasteiger partial charge is 0.320 e. The number of aromatic hydroxyl groups is 1. The molecule has 4 saturated heterocycles. The molecule has 3 aromatic rings. The van der Waals surface area contributed by atoms with Crippen molar-refractivity contribution in [3.8, 4) is 17.0 Å². The average molecular weight is 813 g/mol. The number of halogens is 2. The van der Waals surface area contributed by atoms with Gasteiger partial charge in [-0.25, -0.2) is 13.6 Å². The number of carbonyl (C=O) groups excluding carboxylic acids is 4. The molecule has 9 rings (SSSR count). The zero-order chi connectivity index (χ0) is 41.2. The highest BCUT2D eigenvalue weighted by molar-refractivity contribution is 6.05. The molecule has 312 valence electrons. The van der Waals surface area contributed by atoms with Crippen LogP contribution in [0.5, 0.6) is 5.75 Å². The summed E-state index contributed by atoms with van der Waals surface area (Å²) >= 11 is 0. The highest BCUT2D eigenvalue weighted by atomic mass is 19.1. The first-order valence-electron chi connectivity index (χ1n) is 20.6. The van der Waals surface area contributed by atoms with Gasteiger partial charge in [-0.2, -0.15) is 0 Å². The standard InChI is InChI=1S/C42H50F2N10O5/c1-41(2)24-49(20-26-10-12-50(13-11-26)28-7-6-27-21-52(39(58)30(27)18-28)33-8-9-35(55)46-38(33)57)14-16-54(41)40(59)51-15-17-53-34-19-32(29-4-3-5-31(44)36(29)56)47-48-37(34)45-23-42(53,22-43)25-51/h3-7,18-19,26,33,56H,8-17,20-25H2,1-2H3,(H,45,48)(H,46,55,57)/t33-,42?/m0/s1. The van der Waals surface area contributed by atoms with E-state index in [1.165, 1.54) is 6.07 Å². The number of aromatic nitrogens is 2. The number of alkyl halides is 1. The normalized spacial score (nSPS) is 24.7. The molecule has 0 aliphatic carbocycles. The van der Waals surface area contributed by atoms with Crippen molar-refractivity contribution in [1.82, 2.24) is 35.1 Å². The molecule has 15 nitrogen and oxygen atoms in total. The summed E-state index contributed by atoms with van der Waals surface area (Å²) < 4.78 is 29.4. The fourth-order valence-electron chi connectivity index (χ4n) is 10.1. The average Bonchev–Trinajstić information content (AvgIpc) is 3.55. The Labute approximate surface area is 341 Å². The number of piperazine rings is 2. The number of anilines is 3. The van der Waals surface area contributed by atoms with Crippen LogP contribution in [0.1, 0.15) is 55.5 Å². The molecule has 2 aromatic carbocycles. The first-order valence-corrected chi connectivity index (χ1v) is 20.6. The van der Waals surface area contributed by atoms with E-state index in [4.69, 9.17) is 0 Å². The van der Waals surface area contributed by atoms with Crippen molar-refractivity contribution in [2.45, 2.75) is 63.2 Å². The molecule has 6 aliphatic heterocycles. The van der Waals surface area contributed by atoms with E-state index in [1.54, 1.807) is 21.9 Å². The molecule has 5 amide bonds. The van der Waals surface area contributed by atoms with Crippen molar-refractivity contribution in [2.24, 2.45) is 5.92 Å². The summed E-state index contributed by atoms with van der Waals surface area (Å²) in [6, 6.07) is 11.1. The minimum atomic E-state index is -1.04. The third-order valence-corrected chi connectivity index (χ3v) is 13.3. The molecule has 3 N–H and O–H groups in total. The summed E-state index contributed by atoms with van der Waals surface area (Å²) in [4.78, 5) is 63.8. The van der Waals surface area contributed by atoms with Gasteiger partial charge in [-0.05, 0) is 74.9 Å². The number of hydrogen-bond acceptors (Lipinski definition) is 11. The van der Waals surface area contributed by atoms with Gasteiger partial charge < -0.3 is 34.9 Å². The largest absolute Gasteiger partial charge is 0.504 e. The van der Waals surface area contributed by atoms with Crippen LogP contribution in [0.15, 0.2) is 42.5 Å². The van der Waals surface area contributed by atoms with E-state index in [2.05, 4.69) is 50.5 Å². The van der Waals surface area contributed by atoms with Gasteiger partial charge in [-0.1, -0.05) is 12.1 Å². The monoisotopic (exact) mass is 812 g/mol. The Balaban J connectivity index is 0.792. The van der Waals surface area contributed by atoms with Crippen molar-refractivity contribution >= 4 is 40.9 Å². The first-order chi connectivity index (χ1) is 28.3. The maximum atomic E-state index is 15.2. The van der Waals surface area contributed by atoms with Crippen molar-refractivity contribution in [3.63, 3.8) is 0 Å². The Morgan fingerprint density at radius 3 is 2.53 bits per heavy atom. The van der Waals surface area contributed by atoms with Crippen LogP contribution in [0.3, 0.4) is 0 Å². The lowest BCUT2D eigenvalue weighted by molar-refractivity contribution is -0.136.